The topological polar surface area (TPSA) is 111 Å². The Hall–Kier alpha value is -2.89. The van der Waals surface area contributed by atoms with Crippen LogP contribution >= 0.6 is 0 Å². The standard InChI is InChI=1S/C20H22FN5O2/c1-12(2)13-3-4-14(16(21)7-13)8-19(28)24-20(11-23-10-18(20)27)17-6-5-15(9-22)25-26-17/h3-7,12,18,23,27H,8,10-11H2,1-2H3,(H,24,28)/t18-,20-/m1/s1. The van der Waals surface area contributed by atoms with Gasteiger partial charge in [-0.2, -0.15) is 10.4 Å². The Morgan fingerprint density at radius 3 is 2.75 bits per heavy atom. The second-order valence-electron chi connectivity index (χ2n) is 7.26. The molecule has 1 aliphatic heterocycles. The number of amides is 1. The Bertz CT molecular complexity index is 910. The fourth-order valence-electron chi connectivity index (χ4n) is 3.31. The number of aliphatic hydroxyl groups is 1. The van der Waals surface area contributed by atoms with Crippen molar-refractivity contribution in [3.05, 3.63) is 58.7 Å². The highest BCUT2D eigenvalue weighted by Gasteiger charge is 2.46. The molecule has 7 nitrogen and oxygen atoms in total. The van der Waals surface area contributed by atoms with E-state index < -0.39 is 23.4 Å². The second-order valence-corrected chi connectivity index (χ2v) is 7.26. The van der Waals surface area contributed by atoms with E-state index in [-0.39, 0.29) is 36.7 Å². The Morgan fingerprint density at radius 1 is 1.43 bits per heavy atom. The van der Waals surface area contributed by atoms with E-state index in [0.29, 0.717) is 5.69 Å². The van der Waals surface area contributed by atoms with Gasteiger partial charge in [0.2, 0.25) is 5.91 Å². The lowest BCUT2D eigenvalue weighted by Gasteiger charge is -2.32. The zero-order chi connectivity index (χ0) is 20.3. The first-order chi connectivity index (χ1) is 13.4. The smallest absolute Gasteiger partial charge is 0.225 e. The first-order valence-corrected chi connectivity index (χ1v) is 9.08. The Balaban J connectivity index is 1.82. The van der Waals surface area contributed by atoms with Crippen molar-refractivity contribution in [2.45, 2.75) is 37.8 Å². The third-order valence-corrected chi connectivity index (χ3v) is 5.00. The predicted octanol–water partition coefficient (Wildman–Crippen LogP) is 1.13. The summed E-state index contributed by atoms with van der Waals surface area (Å²) in [6, 6.07) is 9.78. The third kappa shape index (κ3) is 3.86. The summed E-state index contributed by atoms with van der Waals surface area (Å²) in [6.07, 6.45) is -1.10. The van der Waals surface area contributed by atoms with Gasteiger partial charge in [-0.15, -0.1) is 5.10 Å². The molecule has 2 heterocycles. The molecule has 0 spiro atoms. The number of hydrogen-bond acceptors (Lipinski definition) is 6. The summed E-state index contributed by atoms with van der Waals surface area (Å²) in [6.45, 7) is 4.45. The van der Waals surface area contributed by atoms with Crippen LogP contribution in [0.5, 0.6) is 0 Å². The summed E-state index contributed by atoms with van der Waals surface area (Å²) in [5.41, 5.74) is 0.433. The molecule has 0 unspecified atom stereocenters. The van der Waals surface area contributed by atoms with Crippen LogP contribution in [0.4, 0.5) is 4.39 Å². The fourth-order valence-corrected chi connectivity index (χ4v) is 3.31. The van der Waals surface area contributed by atoms with Gasteiger partial charge in [0.15, 0.2) is 5.69 Å². The summed E-state index contributed by atoms with van der Waals surface area (Å²) in [5.74, 6) is -0.681. The lowest BCUT2D eigenvalue weighted by Crippen LogP contribution is -2.55. The number of halogens is 1. The zero-order valence-corrected chi connectivity index (χ0v) is 15.7. The van der Waals surface area contributed by atoms with Gasteiger partial charge < -0.3 is 15.7 Å². The first-order valence-electron chi connectivity index (χ1n) is 9.08. The van der Waals surface area contributed by atoms with E-state index in [0.717, 1.165) is 5.56 Å². The lowest BCUT2D eigenvalue weighted by atomic mass is 9.90. The fraction of sp³-hybridized carbons (Fsp3) is 0.400. The van der Waals surface area contributed by atoms with E-state index in [9.17, 15) is 14.3 Å². The van der Waals surface area contributed by atoms with Gasteiger partial charge in [0.05, 0.1) is 18.2 Å². The van der Waals surface area contributed by atoms with Crippen molar-refractivity contribution in [3.63, 3.8) is 0 Å². The van der Waals surface area contributed by atoms with E-state index in [2.05, 4.69) is 20.8 Å². The molecule has 2 aromatic rings. The molecule has 2 atom stereocenters. The van der Waals surface area contributed by atoms with Gasteiger partial charge in [-0.1, -0.05) is 26.0 Å². The van der Waals surface area contributed by atoms with Crippen LogP contribution in [0.25, 0.3) is 0 Å². The molecule has 1 aromatic heterocycles. The molecule has 0 aliphatic carbocycles. The van der Waals surface area contributed by atoms with Crippen LogP contribution in [0.3, 0.4) is 0 Å². The molecule has 0 radical (unpaired) electrons. The van der Waals surface area contributed by atoms with Crippen LogP contribution in [0.2, 0.25) is 0 Å². The highest BCUT2D eigenvalue weighted by atomic mass is 19.1. The molecule has 0 saturated carbocycles. The van der Waals surface area contributed by atoms with Crippen LogP contribution in [0.15, 0.2) is 30.3 Å². The van der Waals surface area contributed by atoms with Crippen molar-refractivity contribution < 1.29 is 14.3 Å². The summed E-state index contributed by atoms with van der Waals surface area (Å²) in [5, 5.41) is 33.0. The molecule has 146 valence electrons. The first kappa shape index (κ1) is 19.9. The highest BCUT2D eigenvalue weighted by Crippen LogP contribution is 2.27. The van der Waals surface area contributed by atoms with E-state index in [1.54, 1.807) is 12.1 Å². The van der Waals surface area contributed by atoms with Gasteiger partial charge in [-0.3, -0.25) is 4.79 Å². The van der Waals surface area contributed by atoms with Crippen molar-refractivity contribution in [3.8, 4) is 6.07 Å². The number of nitrogens with one attached hydrogen (secondary N) is 2. The van der Waals surface area contributed by atoms with Gasteiger partial charge in [0.1, 0.15) is 17.4 Å². The normalized spacial score (nSPS) is 21.5. The molecule has 3 N–H and O–H groups in total. The number of carbonyl (C=O) groups is 1. The minimum absolute atomic E-state index is 0.137. The van der Waals surface area contributed by atoms with E-state index in [4.69, 9.17) is 5.26 Å². The third-order valence-electron chi connectivity index (χ3n) is 5.00. The predicted molar refractivity (Wildman–Crippen MR) is 99.6 cm³/mol. The molecule has 3 rings (SSSR count). The van der Waals surface area contributed by atoms with Crippen LogP contribution in [-0.2, 0) is 16.8 Å². The second kappa shape index (κ2) is 8.00. The number of nitrogens with zero attached hydrogens (tertiary/aromatic N) is 3. The quantitative estimate of drug-likeness (QED) is 0.714. The van der Waals surface area contributed by atoms with Crippen LogP contribution < -0.4 is 10.6 Å². The van der Waals surface area contributed by atoms with Gasteiger partial charge in [-0.05, 0) is 35.2 Å². The average Bonchev–Trinajstić information content (AvgIpc) is 3.04. The maximum absolute atomic E-state index is 14.4. The molecule has 8 heteroatoms. The summed E-state index contributed by atoms with van der Waals surface area (Å²) in [4.78, 5) is 12.7. The van der Waals surface area contributed by atoms with Gasteiger partial charge in [0, 0.05) is 13.1 Å². The number of nitriles is 1. The molecule has 1 amide bonds. The van der Waals surface area contributed by atoms with E-state index in [1.807, 2.05) is 26.0 Å². The minimum Gasteiger partial charge on any atom is -0.389 e. The van der Waals surface area contributed by atoms with Crippen molar-refractivity contribution in [2.24, 2.45) is 0 Å². The molecular formula is C20H22FN5O2. The zero-order valence-electron chi connectivity index (χ0n) is 15.7. The minimum atomic E-state index is -1.19. The Morgan fingerprint density at radius 2 is 2.21 bits per heavy atom. The SMILES string of the molecule is CC(C)c1ccc(CC(=O)N[C@@]2(c3ccc(C#N)nn3)CNC[C@H]2O)c(F)c1. The largest absolute Gasteiger partial charge is 0.389 e. The summed E-state index contributed by atoms with van der Waals surface area (Å²) in [7, 11) is 0. The monoisotopic (exact) mass is 383 g/mol. The Kier molecular flexibility index (Phi) is 5.68. The molecular weight excluding hydrogens is 361 g/mol. The molecule has 28 heavy (non-hydrogen) atoms. The molecule has 1 aromatic carbocycles. The Labute approximate surface area is 162 Å². The molecule has 1 fully saturated rings. The molecule has 1 aliphatic rings. The number of aromatic nitrogens is 2. The average molecular weight is 383 g/mol. The number of hydrogen-bond donors (Lipinski definition) is 3. The van der Waals surface area contributed by atoms with E-state index >= 15 is 0 Å². The van der Waals surface area contributed by atoms with Gasteiger partial charge >= 0.3 is 0 Å². The van der Waals surface area contributed by atoms with E-state index in [1.165, 1.54) is 12.1 Å². The lowest BCUT2D eigenvalue weighted by molar-refractivity contribution is -0.123. The number of carbonyl (C=O) groups excluding carboxylic acids is 1. The van der Waals surface area contributed by atoms with Crippen LogP contribution in [0, 0.1) is 17.1 Å². The maximum atomic E-state index is 14.4. The summed E-state index contributed by atoms with van der Waals surface area (Å²) >= 11 is 0. The number of benzene rings is 1. The van der Waals surface area contributed by atoms with Crippen molar-refractivity contribution in [1.29, 1.82) is 5.26 Å². The van der Waals surface area contributed by atoms with Crippen molar-refractivity contribution in [1.82, 2.24) is 20.8 Å². The number of aliphatic hydroxyl groups excluding tert-OH is 1. The molecule has 0 bridgehead atoms. The number of rotatable bonds is 5. The summed E-state index contributed by atoms with van der Waals surface area (Å²) < 4.78 is 14.4. The van der Waals surface area contributed by atoms with Crippen LogP contribution in [0.1, 0.15) is 42.3 Å². The number of β-amino-alcohol motifs (C(OH)–C–C–N with tert-alkyl or cyclic N) is 1. The van der Waals surface area contributed by atoms with Crippen LogP contribution in [-0.4, -0.2) is 40.4 Å². The highest BCUT2D eigenvalue weighted by molar-refractivity contribution is 5.80. The van der Waals surface area contributed by atoms with Gasteiger partial charge in [0.25, 0.3) is 0 Å². The molecule has 1 saturated heterocycles. The maximum Gasteiger partial charge on any atom is 0.225 e. The van der Waals surface area contributed by atoms with Gasteiger partial charge in [-0.25, -0.2) is 4.39 Å². The van der Waals surface area contributed by atoms with Crippen molar-refractivity contribution >= 4 is 5.91 Å². The van der Waals surface area contributed by atoms with Crippen molar-refractivity contribution in [2.75, 3.05) is 13.1 Å².